The summed E-state index contributed by atoms with van der Waals surface area (Å²) in [6.45, 7) is 16.8. The van der Waals surface area contributed by atoms with Crippen molar-refractivity contribution in [1.29, 1.82) is 0 Å². The number of rotatable bonds is 8. The lowest BCUT2D eigenvalue weighted by atomic mass is 10.0. The normalized spacial score (nSPS) is 12.1. The molecule has 0 aliphatic rings. The second-order valence-electron chi connectivity index (χ2n) is 9.61. The minimum absolute atomic E-state index is 0.0604. The van der Waals surface area contributed by atoms with Crippen LogP contribution in [0.5, 0.6) is 17.2 Å². The van der Waals surface area contributed by atoms with Crippen LogP contribution in [0.3, 0.4) is 0 Å². The first-order valence-electron chi connectivity index (χ1n) is 10.9. The molecule has 0 aliphatic heterocycles. The van der Waals surface area contributed by atoms with E-state index in [1.165, 1.54) is 0 Å². The Morgan fingerprint density at radius 2 is 1.52 bits per heavy atom. The van der Waals surface area contributed by atoms with Crippen LogP contribution in [-0.4, -0.2) is 23.6 Å². The summed E-state index contributed by atoms with van der Waals surface area (Å²) in [6.07, 6.45) is 4.37. The molecule has 2 aromatic carbocycles. The standard InChI is InChI=1S/C27H36O4/c1-9-18-29-22-14-10-21(11-15-22)23(28)16-12-20-13-17-24(30-26(3,4)5)25(19(20)2)31-27(6,7)8/h10-17H,9,18H2,1-8H3. The van der Waals surface area contributed by atoms with E-state index in [0.717, 1.165) is 23.3 Å². The van der Waals surface area contributed by atoms with Crippen LogP contribution in [0.15, 0.2) is 42.5 Å². The second kappa shape index (κ2) is 10.0. The molecule has 2 rings (SSSR count). The molecule has 0 atom stereocenters. The van der Waals surface area contributed by atoms with Gasteiger partial charge in [0, 0.05) is 11.1 Å². The van der Waals surface area contributed by atoms with Gasteiger partial charge in [0.2, 0.25) is 0 Å². The number of carbonyl (C=O) groups excluding carboxylic acids is 1. The molecule has 2 aromatic rings. The van der Waals surface area contributed by atoms with E-state index in [1.54, 1.807) is 18.2 Å². The monoisotopic (exact) mass is 424 g/mol. The third-order valence-corrected chi connectivity index (χ3v) is 4.26. The van der Waals surface area contributed by atoms with Crippen molar-refractivity contribution < 1.29 is 19.0 Å². The quantitative estimate of drug-likeness (QED) is 0.337. The summed E-state index contributed by atoms with van der Waals surface area (Å²) in [5.74, 6) is 2.12. The zero-order valence-corrected chi connectivity index (χ0v) is 20.2. The molecule has 0 fully saturated rings. The van der Waals surface area contributed by atoms with Gasteiger partial charge < -0.3 is 14.2 Å². The molecule has 4 nitrogen and oxygen atoms in total. The van der Waals surface area contributed by atoms with Crippen LogP contribution in [0.2, 0.25) is 0 Å². The highest BCUT2D eigenvalue weighted by atomic mass is 16.5. The van der Waals surface area contributed by atoms with Crippen LogP contribution < -0.4 is 14.2 Å². The summed E-state index contributed by atoms with van der Waals surface area (Å²) < 4.78 is 17.9. The number of carbonyl (C=O) groups is 1. The van der Waals surface area contributed by atoms with Crippen LogP contribution in [0.1, 0.15) is 76.4 Å². The van der Waals surface area contributed by atoms with Gasteiger partial charge in [0.1, 0.15) is 17.0 Å². The predicted molar refractivity (Wildman–Crippen MR) is 128 cm³/mol. The van der Waals surface area contributed by atoms with Gasteiger partial charge in [0.25, 0.3) is 0 Å². The van der Waals surface area contributed by atoms with E-state index in [9.17, 15) is 4.79 Å². The molecule has 0 saturated heterocycles. The summed E-state index contributed by atoms with van der Waals surface area (Å²) in [7, 11) is 0. The number of ether oxygens (including phenoxy) is 3. The van der Waals surface area contributed by atoms with Gasteiger partial charge in [-0.2, -0.15) is 0 Å². The van der Waals surface area contributed by atoms with Crippen molar-refractivity contribution in [2.75, 3.05) is 6.61 Å². The molecule has 0 spiro atoms. The van der Waals surface area contributed by atoms with Crippen LogP contribution in [0.25, 0.3) is 6.08 Å². The van der Waals surface area contributed by atoms with E-state index in [0.29, 0.717) is 23.7 Å². The van der Waals surface area contributed by atoms with Crippen molar-refractivity contribution in [3.05, 3.63) is 59.2 Å². The molecule has 0 aliphatic carbocycles. The van der Waals surface area contributed by atoms with Crippen molar-refractivity contribution >= 4 is 11.9 Å². The number of allylic oxidation sites excluding steroid dienone is 1. The highest BCUT2D eigenvalue weighted by molar-refractivity contribution is 6.07. The fourth-order valence-corrected chi connectivity index (χ4v) is 2.90. The molecule has 0 bridgehead atoms. The molecule has 0 heterocycles. The lowest BCUT2D eigenvalue weighted by molar-refractivity contribution is 0.0950. The Morgan fingerprint density at radius 3 is 2.06 bits per heavy atom. The topological polar surface area (TPSA) is 44.8 Å². The Hall–Kier alpha value is -2.75. The molecule has 0 amide bonds. The van der Waals surface area contributed by atoms with Gasteiger partial charge in [-0.25, -0.2) is 0 Å². The first kappa shape index (κ1) is 24.5. The number of benzene rings is 2. The Morgan fingerprint density at radius 1 is 0.903 bits per heavy atom. The predicted octanol–water partition coefficient (Wildman–Crippen LogP) is 7.03. The van der Waals surface area contributed by atoms with E-state index in [1.807, 2.05) is 78.8 Å². The van der Waals surface area contributed by atoms with Crippen LogP contribution >= 0.6 is 0 Å². The van der Waals surface area contributed by atoms with Crippen molar-refractivity contribution in [2.45, 2.75) is 73.0 Å². The van der Waals surface area contributed by atoms with Gasteiger partial charge in [-0.05, 0) is 96.9 Å². The Balaban J connectivity index is 2.28. The van der Waals surface area contributed by atoms with Gasteiger partial charge in [0.05, 0.1) is 6.61 Å². The first-order chi connectivity index (χ1) is 14.4. The summed E-state index contributed by atoms with van der Waals surface area (Å²) in [6, 6.07) is 11.1. The molecular weight excluding hydrogens is 388 g/mol. The average molecular weight is 425 g/mol. The molecular formula is C27H36O4. The van der Waals surface area contributed by atoms with E-state index in [2.05, 4.69) is 6.92 Å². The molecule has 4 heteroatoms. The largest absolute Gasteiger partial charge is 0.494 e. The lowest BCUT2D eigenvalue weighted by Crippen LogP contribution is -2.27. The summed E-state index contributed by atoms with van der Waals surface area (Å²) in [4.78, 5) is 12.6. The zero-order valence-electron chi connectivity index (χ0n) is 20.2. The van der Waals surface area contributed by atoms with Crippen LogP contribution in [0, 0.1) is 6.92 Å². The first-order valence-corrected chi connectivity index (χ1v) is 10.9. The van der Waals surface area contributed by atoms with Gasteiger partial charge in [0.15, 0.2) is 17.3 Å². The van der Waals surface area contributed by atoms with Crippen molar-refractivity contribution in [3.63, 3.8) is 0 Å². The van der Waals surface area contributed by atoms with Gasteiger partial charge in [-0.3, -0.25) is 4.79 Å². The number of hydrogen-bond donors (Lipinski definition) is 0. The maximum Gasteiger partial charge on any atom is 0.185 e. The lowest BCUT2D eigenvalue weighted by Gasteiger charge is -2.28. The number of ketones is 1. The van der Waals surface area contributed by atoms with Gasteiger partial charge >= 0.3 is 0 Å². The third-order valence-electron chi connectivity index (χ3n) is 4.26. The fourth-order valence-electron chi connectivity index (χ4n) is 2.90. The van der Waals surface area contributed by atoms with Crippen molar-refractivity contribution in [3.8, 4) is 17.2 Å². The number of hydrogen-bond acceptors (Lipinski definition) is 4. The molecule has 0 N–H and O–H groups in total. The van der Waals surface area contributed by atoms with Crippen molar-refractivity contribution in [1.82, 2.24) is 0 Å². The van der Waals surface area contributed by atoms with E-state index in [4.69, 9.17) is 14.2 Å². The van der Waals surface area contributed by atoms with E-state index >= 15 is 0 Å². The Bertz CT molecular complexity index is 910. The summed E-state index contributed by atoms with van der Waals surface area (Å²) >= 11 is 0. The molecule has 0 unspecified atom stereocenters. The molecule has 31 heavy (non-hydrogen) atoms. The van der Waals surface area contributed by atoms with E-state index < -0.39 is 0 Å². The van der Waals surface area contributed by atoms with Crippen molar-refractivity contribution in [2.24, 2.45) is 0 Å². The third kappa shape index (κ3) is 7.78. The minimum atomic E-state index is -0.374. The summed E-state index contributed by atoms with van der Waals surface area (Å²) in [5.41, 5.74) is 1.75. The average Bonchev–Trinajstić information content (AvgIpc) is 2.67. The van der Waals surface area contributed by atoms with Crippen LogP contribution in [0.4, 0.5) is 0 Å². The van der Waals surface area contributed by atoms with Crippen LogP contribution in [-0.2, 0) is 0 Å². The Labute approximate surface area is 187 Å². The highest BCUT2D eigenvalue weighted by Gasteiger charge is 2.22. The highest BCUT2D eigenvalue weighted by Crippen LogP contribution is 2.38. The SMILES string of the molecule is CCCOc1ccc(C(=O)C=Cc2ccc(OC(C)(C)C)c(OC(C)(C)C)c2C)cc1. The zero-order chi connectivity index (χ0) is 23.2. The van der Waals surface area contributed by atoms with Gasteiger partial charge in [-0.1, -0.05) is 19.1 Å². The smallest absolute Gasteiger partial charge is 0.185 e. The molecule has 0 aromatic heterocycles. The second-order valence-corrected chi connectivity index (χ2v) is 9.61. The summed E-state index contributed by atoms with van der Waals surface area (Å²) in [5, 5.41) is 0. The maximum absolute atomic E-state index is 12.6. The van der Waals surface area contributed by atoms with Gasteiger partial charge in [-0.15, -0.1) is 0 Å². The molecule has 0 saturated carbocycles. The molecule has 0 radical (unpaired) electrons. The maximum atomic E-state index is 12.6. The van der Waals surface area contributed by atoms with E-state index in [-0.39, 0.29) is 17.0 Å². The minimum Gasteiger partial charge on any atom is -0.494 e. The Kier molecular flexibility index (Phi) is 7.94. The molecule has 168 valence electrons. The fraction of sp³-hybridized carbons (Fsp3) is 0.444.